The van der Waals surface area contributed by atoms with Gasteiger partial charge in [0.25, 0.3) is 0 Å². The second-order valence-electron chi connectivity index (χ2n) is 5.92. The van der Waals surface area contributed by atoms with Crippen molar-refractivity contribution >= 4 is 0 Å². The number of hydrogen-bond donors (Lipinski definition) is 1. The molecule has 1 aliphatic carbocycles. The molecule has 1 aliphatic rings. The molecule has 102 valence electrons. The first-order valence-corrected chi connectivity index (χ1v) is 7.61. The minimum Gasteiger partial charge on any atom is -0.326 e. The molecule has 2 N–H and O–H groups in total. The van der Waals surface area contributed by atoms with Crippen LogP contribution in [-0.2, 0) is 0 Å². The molecule has 17 heavy (non-hydrogen) atoms. The molecule has 2 nitrogen and oxygen atoms in total. The Kier molecular flexibility index (Phi) is 6.50. The van der Waals surface area contributed by atoms with E-state index in [1.165, 1.54) is 38.6 Å². The normalized spacial score (nSPS) is 31.8. The van der Waals surface area contributed by atoms with Crippen LogP contribution in [0.2, 0.25) is 0 Å². The highest BCUT2D eigenvalue weighted by Gasteiger charge is 2.31. The van der Waals surface area contributed by atoms with E-state index in [1.54, 1.807) is 0 Å². The third kappa shape index (κ3) is 4.26. The molecule has 0 bridgehead atoms. The van der Waals surface area contributed by atoms with Gasteiger partial charge in [-0.15, -0.1) is 0 Å². The fourth-order valence-corrected chi connectivity index (χ4v) is 3.07. The molecule has 1 rings (SSSR count). The van der Waals surface area contributed by atoms with Gasteiger partial charge in [-0.05, 0) is 37.6 Å². The Morgan fingerprint density at radius 1 is 1.24 bits per heavy atom. The molecule has 1 saturated carbocycles. The Bertz CT molecular complexity index is 205. The minimum atomic E-state index is 0.404. The number of hydrogen-bond acceptors (Lipinski definition) is 2. The number of nitrogens with two attached hydrogens (primary N) is 1. The maximum absolute atomic E-state index is 6.35. The smallest absolute Gasteiger partial charge is 0.0249 e. The quantitative estimate of drug-likeness (QED) is 0.772. The standard InChI is InChI=1S/C15H32N2/c1-5-12(4)11-17(7-3)15-10-13(6-2)8-9-14(15)16/h12-15H,5-11,16H2,1-4H3. The molecule has 2 heteroatoms. The van der Waals surface area contributed by atoms with E-state index in [2.05, 4.69) is 32.6 Å². The predicted molar refractivity (Wildman–Crippen MR) is 76.1 cm³/mol. The van der Waals surface area contributed by atoms with E-state index in [9.17, 15) is 0 Å². The van der Waals surface area contributed by atoms with E-state index in [4.69, 9.17) is 5.73 Å². The van der Waals surface area contributed by atoms with Crippen LogP contribution in [0.15, 0.2) is 0 Å². The Morgan fingerprint density at radius 2 is 1.94 bits per heavy atom. The molecule has 1 fully saturated rings. The topological polar surface area (TPSA) is 29.3 Å². The second-order valence-corrected chi connectivity index (χ2v) is 5.92. The number of likely N-dealkylation sites (N-methyl/N-ethyl adjacent to an activating group) is 1. The molecule has 0 aromatic carbocycles. The van der Waals surface area contributed by atoms with Crippen LogP contribution in [0, 0.1) is 11.8 Å². The molecule has 0 saturated heterocycles. The van der Waals surface area contributed by atoms with Crippen LogP contribution in [0.3, 0.4) is 0 Å². The Balaban J connectivity index is 2.58. The van der Waals surface area contributed by atoms with Gasteiger partial charge in [0.15, 0.2) is 0 Å². The van der Waals surface area contributed by atoms with Crippen molar-refractivity contribution in [2.45, 2.75) is 71.9 Å². The lowest BCUT2D eigenvalue weighted by Crippen LogP contribution is -2.52. The monoisotopic (exact) mass is 240 g/mol. The van der Waals surface area contributed by atoms with Gasteiger partial charge in [-0.25, -0.2) is 0 Å². The fraction of sp³-hybridized carbons (Fsp3) is 1.00. The second kappa shape index (κ2) is 7.38. The average molecular weight is 240 g/mol. The highest BCUT2D eigenvalue weighted by molar-refractivity contribution is 4.89. The Hall–Kier alpha value is -0.0800. The maximum Gasteiger partial charge on any atom is 0.0249 e. The summed E-state index contributed by atoms with van der Waals surface area (Å²) < 4.78 is 0. The zero-order chi connectivity index (χ0) is 12.8. The van der Waals surface area contributed by atoms with Crippen LogP contribution < -0.4 is 5.73 Å². The van der Waals surface area contributed by atoms with Crippen LogP contribution in [0.25, 0.3) is 0 Å². The van der Waals surface area contributed by atoms with Crippen LogP contribution in [0.1, 0.15) is 59.8 Å². The number of nitrogens with zero attached hydrogens (tertiary/aromatic N) is 1. The zero-order valence-electron chi connectivity index (χ0n) is 12.3. The van der Waals surface area contributed by atoms with E-state index in [-0.39, 0.29) is 0 Å². The molecule has 0 heterocycles. The SMILES string of the molecule is CCC(C)CN(CC)C1CC(CC)CCC1N. The van der Waals surface area contributed by atoms with E-state index >= 15 is 0 Å². The van der Waals surface area contributed by atoms with Crippen molar-refractivity contribution in [1.29, 1.82) is 0 Å². The molecule has 0 radical (unpaired) electrons. The van der Waals surface area contributed by atoms with Crippen LogP contribution in [-0.4, -0.2) is 30.1 Å². The van der Waals surface area contributed by atoms with E-state index in [0.717, 1.165) is 18.4 Å². The van der Waals surface area contributed by atoms with E-state index in [1.807, 2.05) is 0 Å². The molecule has 4 atom stereocenters. The summed E-state index contributed by atoms with van der Waals surface area (Å²) >= 11 is 0. The van der Waals surface area contributed by atoms with Gasteiger partial charge in [-0.3, -0.25) is 4.90 Å². The first kappa shape index (κ1) is 15.0. The first-order valence-electron chi connectivity index (χ1n) is 7.61. The van der Waals surface area contributed by atoms with Gasteiger partial charge in [0, 0.05) is 18.6 Å². The zero-order valence-corrected chi connectivity index (χ0v) is 12.3. The summed E-state index contributed by atoms with van der Waals surface area (Å²) in [6.45, 7) is 11.6. The molecular formula is C15H32N2. The maximum atomic E-state index is 6.35. The first-order chi connectivity index (χ1) is 8.12. The van der Waals surface area contributed by atoms with Crippen molar-refractivity contribution in [2.24, 2.45) is 17.6 Å². The third-order valence-corrected chi connectivity index (χ3v) is 4.67. The van der Waals surface area contributed by atoms with Gasteiger partial charge in [0.05, 0.1) is 0 Å². The lowest BCUT2D eigenvalue weighted by Gasteiger charge is -2.41. The summed E-state index contributed by atoms with van der Waals surface area (Å²) in [4.78, 5) is 2.64. The predicted octanol–water partition coefficient (Wildman–Crippen LogP) is 3.26. The third-order valence-electron chi connectivity index (χ3n) is 4.67. The van der Waals surface area contributed by atoms with Gasteiger partial charge in [-0.1, -0.05) is 40.5 Å². The van der Waals surface area contributed by atoms with Crippen molar-refractivity contribution in [3.8, 4) is 0 Å². The van der Waals surface area contributed by atoms with Gasteiger partial charge in [0.2, 0.25) is 0 Å². The van der Waals surface area contributed by atoms with Crippen molar-refractivity contribution < 1.29 is 0 Å². The lowest BCUT2D eigenvalue weighted by atomic mass is 9.80. The molecule has 0 aromatic rings. The fourth-order valence-electron chi connectivity index (χ4n) is 3.07. The minimum absolute atomic E-state index is 0.404. The lowest BCUT2D eigenvalue weighted by molar-refractivity contribution is 0.101. The highest BCUT2D eigenvalue weighted by atomic mass is 15.2. The van der Waals surface area contributed by atoms with Gasteiger partial charge >= 0.3 is 0 Å². The summed E-state index contributed by atoms with van der Waals surface area (Å²) in [5.74, 6) is 1.70. The van der Waals surface area contributed by atoms with Gasteiger partial charge in [0.1, 0.15) is 0 Å². The number of rotatable bonds is 6. The summed E-state index contributed by atoms with van der Waals surface area (Å²) in [5.41, 5.74) is 6.35. The summed E-state index contributed by atoms with van der Waals surface area (Å²) in [6.07, 6.45) is 6.48. The Labute approximate surface area is 108 Å². The average Bonchev–Trinajstić information content (AvgIpc) is 2.36. The molecule has 0 spiro atoms. The van der Waals surface area contributed by atoms with Crippen molar-refractivity contribution in [3.05, 3.63) is 0 Å². The van der Waals surface area contributed by atoms with Crippen LogP contribution >= 0.6 is 0 Å². The summed E-state index contributed by atoms with van der Waals surface area (Å²) in [7, 11) is 0. The largest absolute Gasteiger partial charge is 0.326 e. The van der Waals surface area contributed by atoms with Crippen molar-refractivity contribution in [3.63, 3.8) is 0 Å². The summed E-state index contributed by atoms with van der Waals surface area (Å²) in [5, 5.41) is 0. The summed E-state index contributed by atoms with van der Waals surface area (Å²) in [6, 6.07) is 1.04. The van der Waals surface area contributed by atoms with Crippen LogP contribution in [0.4, 0.5) is 0 Å². The van der Waals surface area contributed by atoms with Gasteiger partial charge < -0.3 is 5.73 Å². The Morgan fingerprint density at radius 3 is 2.47 bits per heavy atom. The van der Waals surface area contributed by atoms with E-state index in [0.29, 0.717) is 12.1 Å². The van der Waals surface area contributed by atoms with Crippen molar-refractivity contribution in [2.75, 3.05) is 13.1 Å². The molecular weight excluding hydrogens is 208 g/mol. The van der Waals surface area contributed by atoms with Crippen LogP contribution in [0.5, 0.6) is 0 Å². The molecule has 0 amide bonds. The van der Waals surface area contributed by atoms with Crippen molar-refractivity contribution in [1.82, 2.24) is 4.90 Å². The molecule has 0 aliphatic heterocycles. The molecule has 4 unspecified atom stereocenters. The van der Waals surface area contributed by atoms with E-state index < -0.39 is 0 Å². The highest BCUT2D eigenvalue weighted by Crippen LogP contribution is 2.29. The van der Waals surface area contributed by atoms with Gasteiger partial charge in [-0.2, -0.15) is 0 Å². The molecule has 0 aromatic heterocycles.